The first-order chi connectivity index (χ1) is 24.1. The first-order valence-corrected chi connectivity index (χ1v) is 18.0. The molecule has 276 valence electrons. The van der Waals surface area contributed by atoms with E-state index in [2.05, 4.69) is 21.4 Å². The number of nitrogens with zero attached hydrogens (tertiary/aromatic N) is 6. The van der Waals surface area contributed by atoms with E-state index in [-0.39, 0.29) is 30.3 Å². The van der Waals surface area contributed by atoms with Crippen molar-refractivity contribution in [2.45, 2.75) is 88.4 Å². The molecule has 4 aliphatic rings. The molecule has 5 unspecified atom stereocenters. The van der Waals surface area contributed by atoms with Gasteiger partial charge in [-0.15, -0.1) is 11.6 Å². The third kappa shape index (κ3) is 7.09. The van der Waals surface area contributed by atoms with Crippen molar-refractivity contribution in [3.8, 4) is 0 Å². The highest BCUT2D eigenvalue weighted by atomic mass is 35.5. The van der Waals surface area contributed by atoms with E-state index in [9.17, 15) is 15.0 Å². The third-order valence-corrected chi connectivity index (χ3v) is 11.2. The van der Waals surface area contributed by atoms with Crippen molar-refractivity contribution in [3.63, 3.8) is 0 Å². The Bertz CT molecular complexity index is 1820. The molecule has 51 heavy (non-hydrogen) atoms. The van der Waals surface area contributed by atoms with Crippen LogP contribution in [0.3, 0.4) is 0 Å². The number of carbonyl (C=O) groups is 1. The molecule has 3 heterocycles. The number of allylic oxidation sites excluding steroid dienone is 3. The maximum Gasteiger partial charge on any atom is 0.338 e. The Morgan fingerprint density at radius 2 is 2.06 bits per heavy atom. The second-order valence-corrected chi connectivity index (χ2v) is 15.6. The standard InChI is InChI=1S/C35H48Cl2N10O4/c1-19-10-25-23(14-41-44-25)30(31(19)37)29(32(39)21-6-7-27-22(11-21)13-42-47(27)17-34(3,4)50)20(2)43-26-12-35(24(26)16-48)18-51-9-5-8-45(35)33(49)46(40)15-28(36)38/h10-11,13-15,24,26,30-31,48,50H,5-9,12,16-18,38-40H2,1-4H3,(H,41,44)/b28-15-,32-29+,43-20?. The molecule has 0 radical (unpaired) electrons. The van der Waals surface area contributed by atoms with Crippen molar-refractivity contribution < 1.29 is 19.7 Å². The number of urea groups is 1. The molecule has 5 atom stereocenters. The Morgan fingerprint density at radius 1 is 1.29 bits per heavy atom. The van der Waals surface area contributed by atoms with Crippen LogP contribution in [0.4, 0.5) is 4.79 Å². The fraction of sp³-hybridized carbons (Fsp3) is 0.543. The van der Waals surface area contributed by atoms with Crippen LogP contribution < -0.4 is 17.3 Å². The summed E-state index contributed by atoms with van der Waals surface area (Å²) < 4.78 is 7.84. The van der Waals surface area contributed by atoms with Crippen molar-refractivity contribution in [3.05, 3.63) is 68.7 Å². The number of carbonyl (C=O) groups excluding carboxylic acids is 1. The zero-order valence-electron chi connectivity index (χ0n) is 29.4. The molecule has 3 aliphatic carbocycles. The number of nitrogens with one attached hydrogen (secondary N) is 1. The Morgan fingerprint density at radius 3 is 2.76 bits per heavy atom. The molecule has 16 heteroatoms. The van der Waals surface area contributed by atoms with Gasteiger partial charge in [-0.05, 0) is 71.1 Å². The summed E-state index contributed by atoms with van der Waals surface area (Å²) in [7, 11) is 0. The Balaban J connectivity index is 1.40. The quantitative estimate of drug-likeness (QED) is 0.0584. The first kappa shape index (κ1) is 37.1. The monoisotopic (exact) mass is 742 g/mol. The lowest BCUT2D eigenvalue weighted by Crippen LogP contribution is -2.71. The normalized spacial score (nSPS) is 27.5. The molecule has 2 fully saturated rings. The molecule has 1 saturated carbocycles. The van der Waals surface area contributed by atoms with Crippen LogP contribution in [-0.2, 0) is 17.7 Å². The number of alkyl halides is 1. The lowest BCUT2D eigenvalue weighted by atomic mass is 9.62. The Labute approximate surface area is 307 Å². The number of aliphatic imine (C=N–C) groups is 1. The number of nitrogens with two attached hydrogens (primary N) is 3. The number of H-pyrrole nitrogens is 1. The number of fused-ring (bicyclic) bond motifs is 2. The summed E-state index contributed by atoms with van der Waals surface area (Å²) in [6, 6.07) is -0.859. The van der Waals surface area contributed by atoms with E-state index in [1.54, 1.807) is 31.1 Å². The number of aliphatic hydroxyl groups excluding tert-OH is 1. The van der Waals surface area contributed by atoms with E-state index in [0.717, 1.165) is 50.4 Å². The van der Waals surface area contributed by atoms with E-state index < -0.39 is 28.5 Å². The Hall–Kier alpha value is -3.66. The molecule has 1 spiro atoms. The molecule has 2 amide bonds. The average Bonchev–Trinajstić information content (AvgIpc) is 3.61. The Kier molecular flexibility index (Phi) is 10.5. The van der Waals surface area contributed by atoms with Gasteiger partial charge in [0.25, 0.3) is 0 Å². The van der Waals surface area contributed by atoms with E-state index in [1.807, 2.05) is 24.6 Å². The van der Waals surface area contributed by atoms with Crippen molar-refractivity contribution in [1.82, 2.24) is 29.9 Å². The van der Waals surface area contributed by atoms with Gasteiger partial charge in [0, 0.05) is 58.8 Å². The predicted octanol–water partition coefficient (Wildman–Crippen LogP) is 3.32. The SMILES string of the molecule is CC1=Cc2[nH]ncc2C(/C(C(C)=NC2CC3(COCCCN3C(=O)N(N)/C=C(\N)Cl)C2CO)=C(/N)C2=Cc3cnn(CC(C)(C)O)c3CC2)C1Cl. The number of aromatic amines is 1. The number of halogens is 2. The fourth-order valence-electron chi connectivity index (χ4n) is 8.07. The van der Waals surface area contributed by atoms with E-state index in [1.165, 1.54) is 0 Å². The molecular formula is C35H48Cl2N10O4. The van der Waals surface area contributed by atoms with Crippen molar-refractivity contribution >= 4 is 47.1 Å². The van der Waals surface area contributed by atoms with Crippen molar-refractivity contribution in [1.29, 1.82) is 0 Å². The fourth-order valence-corrected chi connectivity index (χ4v) is 8.50. The molecule has 1 saturated heterocycles. The first-order valence-electron chi connectivity index (χ1n) is 17.2. The number of rotatable bonds is 8. The van der Waals surface area contributed by atoms with Gasteiger partial charge in [-0.2, -0.15) is 10.2 Å². The van der Waals surface area contributed by atoms with Gasteiger partial charge in [-0.25, -0.2) is 15.6 Å². The van der Waals surface area contributed by atoms with Crippen molar-refractivity contribution in [2.24, 2.45) is 28.2 Å². The van der Waals surface area contributed by atoms with Gasteiger partial charge in [-0.3, -0.25) is 14.8 Å². The number of hydrogen-bond acceptors (Lipinski definition) is 10. The van der Waals surface area contributed by atoms with Crippen LogP contribution in [0.25, 0.3) is 12.2 Å². The zero-order chi connectivity index (χ0) is 36.8. The predicted molar refractivity (Wildman–Crippen MR) is 197 cm³/mol. The second-order valence-electron chi connectivity index (χ2n) is 14.7. The highest BCUT2D eigenvalue weighted by Crippen LogP contribution is 2.49. The van der Waals surface area contributed by atoms with Crippen LogP contribution in [0.2, 0.25) is 0 Å². The summed E-state index contributed by atoms with van der Waals surface area (Å²) in [6.45, 7) is 8.64. The largest absolute Gasteiger partial charge is 0.398 e. The minimum absolute atomic E-state index is 0.133. The van der Waals surface area contributed by atoms with E-state index in [4.69, 9.17) is 50.2 Å². The average molecular weight is 744 g/mol. The van der Waals surface area contributed by atoms with Gasteiger partial charge >= 0.3 is 6.03 Å². The van der Waals surface area contributed by atoms with Gasteiger partial charge in [0.15, 0.2) is 0 Å². The molecule has 2 aromatic rings. The van der Waals surface area contributed by atoms with Gasteiger partial charge < -0.3 is 31.3 Å². The molecule has 2 aromatic heterocycles. The van der Waals surface area contributed by atoms with Crippen LogP contribution in [0.15, 0.2) is 51.2 Å². The summed E-state index contributed by atoms with van der Waals surface area (Å²) in [6.07, 6.45) is 11.2. The maximum atomic E-state index is 13.6. The third-order valence-electron chi connectivity index (χ3n) is 10.5. The summed E-state index contributed by atoms with van der Waals surface area (Å²) in [4.78, 5) is 20.5. The van der Waals surface area contributed by atoms with E-state index in [0.29, 0.717) is 56.8 Å². The number of ether oxygens (including phenoxy) is 1. The number of hydrogen-bond donors (Lipinski definition) is 6. The zero-order valence-corrected chi connectivity index (χ0v) is 31.0. The summed E-state index contributed by atoms with van der Waals surface area (Å²) in [5.74, 6) is 5.22. The molecule has 1 aliphatic heterocycles. The summed E-state index contributed by atoms with van der Waals surface area (Å²) in [5.41, 5.74) is 18.7. The van der Waals surface area contributed by atoms with Crippen LogP contribution in [0.5, 0.6) is 0 Å². The smallest absolute Gasteiger partial charge is 0.338 e. The highest BCUT2D eigenvalue weighted by Gasteiger charge is 2.59. The van der Waals surface area contributed by atoms with Gasteiger partial charge in [0.05, 0.1) is 66.6 Å². The van der Waals surface area contributed by atoms with E-state index >= 15 is 0 Å². The van der Waals surface area contributed by atoms with Crippen LogP contribution in [0, 0.1) is 5.92 Å². The van der Waals surface area contributed by atoms with Crippen LogP contribution >= 0.6 is 23.2 Å². The lowest BCUT2D eigenvalue weighted by molar-refractivity contribution is -0.0917. The molecule has 0 aromatic carbocycles. The molecule has 14 nitrogen and oxygen atoms in total. The van der Waals surface area contributed by atoms with Crippen LogP contribution in [-0.4, -0.2) is 101 Å². The number of aromatic nitrogens is 4. The van der Waals surface area contributed by atoms with Gasteiger partial charge in [0.2, 0.25) is 0 Å². The molecule has 9 N–H and O–H groups in total. The van der Waals surface area contributed by atoms with Gasteiger partial charge in [0.1, 0.15) is 5.16 Å². The topological polar surface area (TPSA) is 210 Å². The second kappa shape index (κ2) is 14.4. The number of hydrazine groups is 1. The molecular weight excluding hydrogens is 695 g/mol. The maximum absolute atomic E-state index is 13.6. The van der Waals surface area contributed by atoms with Crippen LogP contribution in [0.1, 0.15) is 75.4 Å². The van der Waals surface area contributed by atoms with Crippen molar-refractivity contribution in [2.75, 3.05) is 26.4 Å². The minimum atomic E-state index is -0.911. The molecule has 6 rings (SSSR count). The summed E-state index contributed by atoms with van der Waals surface area (Å²) >= 11 is 13.1. The number of aliphatic hydroxyl groups is 2. The minimum Gasteiger partial charge on any atom is -0.398 e. The molecule has 0 bridgehead atoms. The van der Waals surface area contributed by atoms with Gasteiger partial charge in [-0.1, -0.05) is 17.2 Å². The summed E-state index contributed by atoms with van der Waals surface area (Å²) in [5, 5.41) is 33.6. The lowest BCUT2D eigenvalue weighted by Gasteiger charge is -2.57. The highest BCUT2D eigenvalue weighted by molar-refractivity contribution is 6.29. The number of amides is 2.